The van der Waals surface area contributed by atoms with Gasteiger partial charge >= 0.3 is 5.97 Å². The number of methoxy groups -OCH3 is 1. The number of nitro groups is 1. The third kappa shape index (κ3) is 6.88. The predicted octanol–water partition coefficient (Wildman–Crippen LogP) is 2.66. The van der Waals surface area contributed by atoms with E-state index in [-0.39, 0.29) is 48.1 Å². The number of hydrogen-bond acceptors (Lipinski definition) is 9. The minimum absolute atomic E-state index is 0.0181. The van der Waals surface area contributed by atoms with Crippen molar-refractivity contribution in [2.24, 2.45) is 0 Å². The highest BCUT2D eigenvalue weighted by atomic mass is 32.2. The van der Waals surface area contributed by atoms with Gasteiger partial charge in [-0.2, -0.15) is 4.31 Å². The number of carbonyl (C=O) groups excluding carboxylic acids is 1. The van der Waals surface area contributed by atoms with Crippen LogP contribution in [0.25, 0.3) is 0 Å². The molecule has 0 spiro atoms. The molecule has 0 saturated heterocycles. The molecule has 1 atom stereocenters. The highest BCUT2D eigenvalue weighted by Crippen LogP contribution is 2.42. The lowest BCUT2D eigenvalue weighted by Crippen LogP contribution is -2.38. The van der Waals surface area contributed by atoms with Crippen LogP contribution in [0, 0.1) is 10.1 Å². The van der Waals surface area contributed by atoms with Crippen LogP contribution in [-0.2, 0) is 29.0 Å². The predicted molar refractivity (Wildman–Crippen MR) is 130 cm³/mol. The lowest BCUT2D eigenvalue weighted by molar-refractivity contribution is -0.384. The van der Waals surface area contributed by atoms with Crippen LogP contribution in [0.1, 0.15) is 38.7 Å². The van der Waals surface area contributed by atoms with E-state index in [4.69, 9.17) is 14.2 Å². The fourth-order valence-electron chi connectivity index (χ4n) is 3.75. The summed E-state index contributed by atoms with van der Waals surface area (Å²) in [5.74, 6) is -1.85. The van der Waals surface area contributed by atoms with Crippen molar-refractivity contribution in [3.63, 3.8) is 0 Å². The summed E-state index contributed by atoms with van der Waals surface area (Å²) in [6.07, 6.45) is 0.818. The van der Waals surface area contributed by atoms with E-state index in [2.05, 4.69) is 5.32 Å². The van der Waals surface area contributed by atoms with E-state index in [1.54, 1.807) is 19.9 Å². The number of nitro benzene ring substituents is 1. The third-order valence-corrected chi connectivity index (χ3v) is 7.54. The fourth-order valence-corrected chi connectivity index (χ4v) is 5.39. The van der Waals surface area contributed by atoms with Crippen molar-refractivity contribution in [3.8, 4) is 0 Å². The summed E-state index contributed by atoms with van der Waals surface area (Å²) in [5.41, 5.74) is 0.835. The smallest absolute Gasteiger partial charge is 0.336 e. The Kier molecular flexibility index (Phi) is 10.4. The molecule has 11 nitrogen and oxygen atoms in total. The van der Waals surface area contributed by atoms with Crippen LogP contribution in [-0.4, -0.2) is 70.7 Å². The average Bonchev–Trinajstić information content (AvgIpc) is 2.81. The molecule has 1 aromatic carbocycles. The van der Waals surface area contributed by atoms with Crippen molar-refractivity contribution in [2.45, 2.75) is 33.1 Å². The van der Waals surface area contributed by atoms with Gasteiger partial charge in [0.2, 0.25) is 10.0 Å². The minimum atomic E-state index is -4.10. The number of allylic oxidation sites excluding steroid dienone is 3. The van der Waals surface area contributed by atoms with Gasteiger partial charge in [0.1, 0.15) is 6.61 Å². The summed E-state index contributed by atoms with van der Waals surface area (Å²) < 4.78 is 44.2. The van der Waals surface area contributed by atoms with Gasteiger partial charge < -0.3 is 19.5 Å². The summed E-state index contributed by atoms with van der Waals surface area (Å²) in [7, 11) is -1.23. The number of nitrogens with one attached hydrogen (secondary N) is 1. The number of benzene rings is 1. The Morgan fingerprint density at radius 1 is 1.17 bits per heavy atom. The number of rotatable bonds is 13. The molecule has 1 aromatic rings. The summed E-state index contributed by atoms with van der Waals surface area (Å²) in [4.78, 5) is 24.0. The molecule has 0 fully saturated rings. The van der Waals surface area contributed by atoms with Gasteiger partial charge in [-0.05, 0) is 25.8 Å². The largest absolute Gasteiger partial charge is 0.460 e. The van der Waals surface area contributed by atoms with Gasteiger partial charge in [-0.3, -0.25) is 10.1 Å². The SMILES string of the molecule is CCCOCCOC(=O)C1=C(C)NC(C)=C(S(=O)(=O)N(C)CCOC)C1c1cccc([N+](=O)[O-])c1. The molecule has 1 heterocycles. The molecule has 2 rings (SSSR count). The number of hydrogen-bond donors (Lipinski definition) is 1. The third-order valence-electron chi connectivity index (χ3n) is 5.44. The maximum atomic E-state index is 13.7. The average molecular weight is 512 g/mol. The summed E-state index contributed by atoms with van der Waals surface area (Å²) >= 11 is 0. The van der Waals surface area contributed by atoms with E-state index in [1.807, 2.05) is 6.92 Å². The van der Waals surface area contributed by atoms with Crippen LogP contribution in [0.5, 0.6) is 0 Å². The number of dihydropyridines is 1. The second kappa shape index (κ2) is 12.8. The molecule has 0 amide bonds. The van der Waals surface area contributed by atoms with E-state index in [9.17, 15) is 23.3 Å². The first-order valence-corrected chi connectivity index (χ1v) is 12.6. The van der Waals surface area contributed by atoms with E-state index >= 15 is 0 Å². The zero-order valence-electron chi connectivity index (χ0n) is 20.7. The molecule has 1 aliphatic heterocycles. The second-order valence-corrected chi connectivity index (χ2v) is 10.0. The van der Waals surface area contributed by atoms with Crippen LogP contribution >= 0.6 is 0 Å². The molecule has 0 bridgehead atoms. The van der Waals surface area contributed by atoms with Crippen molar-refractivity contribution >= 4 is 21.7 Å². The maximum Gasteiger partial charge on any atom is 0.336 e. The van der Waals surface area contributed by atoms with Crippen molar-refractivity contribution in [3.05, 3.63) is 61.8 Å². The lowest BCUT2D eigenvalue weighted by Gasteiger charge is -2.33. The molecule has 0 aromatic heterocycles. The van der Waals surface area contributed by atoms with Crippen LogP contribution in [0.3, 0.4) is 0 Å². The molecular formula is C23H33N3O8S. The Morgan fingerprint density at radius 2 is 1.89 bits per heavy atom. The van der Waals surface area contributed by atoms with Gasteiger partial charge in [-0.25, -0.2) is 13.2 Å². The van der Waals surface area contributed by atoms with Crippen LogP contribution in [0.4, 0.5) is 5.69 Å². The zero-order chi connectivity index (χ0) is 26.2. The van der Waals surface area contributed by atoms with Crippen LogP contribution < -0.4 is 5.32 Å². The lowest BCUT2D eigenvalue weighted by atomic mass is 9.86. The number of ether oxygens (including phenoxy) is 3. The Balaban J connectivity index is 2.58. The van der Waals surface area contributed by atoms with Crippen LogP contribution in [0.2, 0.25) is 0 Å². The standard InChI is InChI=1S/C23H33N3O8S/c1-6-11-33-13-14-34-23(27)20-16(2)24-17(3)22(35(30,31)25(4)10-12-32-5)21(20)18-8-7-9-19(15-18)26(28)29/h7-9,15,21,24H,6,10-14H2,1-5H3. The first-order chi connectivity index (χ1) is 16.6. The number of esters is 1. The van der Waals surface area contributed by atoms with Crippen molar-refractivity contribution in [1.29, 1.82) is 0 Å². The number of nitrogens with zero attached hydrogens (tertiary/aromatic N) is 2. The number of non-ortho nitro benzene ring substituents is 1. The van der Waals surface area contributed by atoms with Gasteiger partial charge in [-0.1, -0.05) is 19.1 Å². The Morgan fingerprint density at radius 3 is 2.51 bits per heavy atom. The maximum absolute atomic E-state index is 13.7. The Labute approximate surface area is 205 Å². The fraction of sp³-hybridized carbons (Fsp3) is 0.522. The Hall–Kier alpha value is -2.80. The van der Waals surface area contributed by atoms with Gasteiger partial charge in [0, 0.05) is 50.8 Å². The highest BCUT2D eigenvalue weighted by molar-refractivity contribution is 7.93. The van der Waals surface area contributed by atoms with E-state index < -0.39 is 26.8 Å². The topological polar surface area (TPSA) is 137 Å². The number of carbonyl (C=O) groups is 1. The van der Waals surface area contributed by atoms with E-state index in [1.165, 1.54) is 32.4 Å². The van der Waals surface area contributed by atoms with E-state index in [0.29, 0.717) is 18.0 Å². The molecule has 1 unspecified atom stereocenters. The van der Waals surface area contributed by atoms with Gasteiger partial charge in [-0.15, -0.1) is 0 Å². The van der Waals surface area contributed by atoms with Crippen LogP contribution in [0.15, 0.2) is 46.1 Å². The number of sulfonamides is 1. The monoisotopic (exact) mass is 511 g/mol. The summed E-state index contributed by atoms with van der Waals surface area (Å²) in [6, 6.07) is 5.60. The molecule has 194 valence electrons. The molecule has 0 saturated carbocycles. The second-order valence-electron chi connectivity index (χ2n) is 8.01. The van der Waals surface area contributed by atoms with Gasteiger partial charge in [0.15, 0.2) is 0 Å². The first-order valence-electron chi connectivity index (χ1n) is 11.2. The minimum Gasteiger partial charge on any atom is -0.460 e. The molecule has 1 aliphatic rings. The van der Waals surface area contributed by atoms with Crippen molar-refractivity contribution in [1.82, 2.24) is 9.62 Å². The molecule has 0 radical (unpaired) electrons. The zero-order valence-corrected chi connectivity index (χ0v) is 21.5. The van der Waals surface area contributed by atoms with Gasteiger partial charge in [0.25, 0.3) is 5.69 Å². The molecule has 35 heavy (non-hydrogen) atoms. The van der Waals surface area contributed by atoms with Gasteiger partial charge in [0.05, 0.1) is 34.5 Å². The van der Waals surface area contributed by atoms with E-state index in [0.717, 1.165) is 10.7 Å². The highest BCUT2D eigenvalue weighted by Gasteiger charge is 2.42. The number of likely N-dealkylation sites (N-methyl/N-ethyl adjacent to an activating group) is 1. The first kappa shape index (κ1) is 28.4. The molecule has 1 N–H and O–H groups in total. The normalized spacial score (nSPS) is 16.5. The summed E-state index contributed by atoms with van der Waals surface area (Å²) in [6.45, 7) is 6.12. The quantitative estimate of drug-likeness (QED) is 0.183. The van der Waals surface area contributed by atoms with Crippen molar-refractivity contribution in [2.75, 3.05) is 47.1 Å². The Bertz CT molecular complexity index is 1100. The molecular weight excluding hydrogens is 478 g/mol. The summed E-state index contributed by atoms with van der Waals surface area (Å²) in [5, 5.41) is 14.4. The van der Waals surface area contributed by atoms with Crippen molar-refractivity contribution < 1.29 is 32.3 Å². The molecule has 12 heteroatoms. The molecule has 0 aliphatic carbocycles.